The Morgan fingerprint density at radius 1 is 1.19 bits per heavy atom. The van der Waals surface area contributed by atoms with Crippen LogP contribution in [0.4, 0.5) is 0 Å². The van der Waals surface area contributed by atoms with Crippen LogP contribution in [0.25, 0.3) is 0 Å². The average Bonchev–Trinajstić information content (AvgIpc) is 2.25. The SMILES string of the molecule is CO[C@H](c1cc(Cl)cc(Cl)c1O)[C@@H](C)OC. The number of phenolic OH excluding ortho intramolecular Hbond substituents is 1. The quantitative estimate of drug-likeness (QED) is 0.906. The number of rotatable bonds is 4. The summed E-state index contributed by atoms with van der Waals surface area (Å²) in [7, 11) is 3.11. The highest BCUT2D eigenvalue weighted by molar-refractivity contribution is 6.35. The maximum Gasteiger partial charge on any atom is 0.140 e. The zero-order chi connectivity index (χ0) is 12.3. The van der Waals surface area contributed by atoms with E-state index in [0.717, 1.165) is 0 Å². The third-order valence-electron chi connectivity index (χ3n) is 2.42. The molecule has 0 fully saturated rings. The number of hydrogen-bond acceptors (Lipinski definition) is 3. The van der Waals surface area contributed by atoms with Crippen LogP contribution in [0.3, 0.4) is 0 Å². The minimum absolute atomic E-state index is 0.0261. The van der Waals surface area contributed by atoms with Gasteiger partial charge in [0.1, 0.15) is 11.9 Å². The molecular weight excluding hydrogens is 251 g/mol. The van der Waals surface area contributed by atoms with E-state index >= 15 is 0 Å². The summed E-state index contributed by atoms with van der Waals surface area (Å²) < 4.78 is 10.4. The van der Waals surface area contributed by atoms with Crippen molar-refractivity contribution >= 4 is 23.2 Å². The van der Waals surface area contributed by atoms with Gasteiger partial charge in [-0.3, -0.25) is 0 Å². The smallest absolute Gasteiger partial charge is 0.140 e. The minimum atomic E-state index is -0.416. The molecule has 0 spiro atoms. The summed E-state index contributed by atoms with van der Waals surface area (Å²) in [6.45, 7) is 1.84. The molecular formula is C11H14Cl2O3. The molecule has 1 rings (SSSR count). The number of methoxy groups -OCH3 is 2. The molecule has 90 valence electrons. The van der Waals surface area contributed by atoms with Crippen LogP contribution >= 0.6 is 23.2 Å². The van der Waals surface area contributed by atoms with Crippen molar-refractivity contribution in [2.75, 3.05) is 14.2 Å². The van der Waals surface area contributed by atoms with E-state index in [9.17, 15) is 5.11 Å². The lowest BCUT2D eigenvalue weighted by molar-refractivity contribution is -0.0287. The van der Waals surface area contributed by atoms with Gasteiger partial charge < -0.3 is 14.6 Å². The molecule has 0 aliphatic rings. The van der Waals surface area contributed by atoms with Gasteiger partial charge in [-0.1, -0.05) is 23.2 Å². The lowest BCUT2D eigenvalue weighted by Crippen LogP contribution is -2.19. The first kappa shape index (κ1) is 13.6. The number of hydrogen-bond donors (Lipinski definition) is 1. The van der Waals surface area contributed by atoms with Gasteiger partial charge in [-0.2, -0.15) is 0 Å². The Morgan fingerprint density at radius 3 is 2.31 bits per heavy atom. The number of phenols is 1. The number of ether oxygens (including phenoxy) is 2. The molecule has 2 atom stereocenters. The lowest BCUT2D eigenvalue weighted by Gasteiger charge is -2.23. The van der Waals surface area contributed by atoms with Crippen molar-refractivity contribution in [1.29, 1.82) is 0 Å². The molecule has 0 aromatic heterocycles. The topological polar surface area (TPSA) is 38.7 Å². The zero-order valence-corrected chi connectivity index (χ0v) is 10.8. The Hall–Kier alpha value is -0.480. The molecule has 0 bridgehead atoms. The van der Waals surface area contributed by atoms with Crippen LogP contribution in [0.15, 0.2) is 12.1 Å². The van der Waals surface area contributed by atoms with Crippen LogP contribution in [0.2, 0.25) is 10.0 Å². The van der Waals surface area contributed by atoms with Crippen LogP contribution in [0.5, 0.6) is 5.75 Å². The molecule has 0 aliphatic carbocycles. The fourth-order valence-electron chi connectivity index (χ4n) is 1.50. The van der Waals surface area contributed by atoms with Gasteiger partial charge in [0.2, 0.25) is 0 Å². The Kier molecular flexibility index (Phi) is 4.87. The van der Waals surface area contributed by atoms with Gasteiger partial charge in [-0.25, -0.2) is 0 Å². The van der Waals surface area contributed by atoms with Gasteiger partial charge in [-0.15, -0.1) is 0 Å². The fourth-order valence-corrected chi connectivity index (χ4v) is 2.01. The molecule has 0 radical (unpaired) electrons. The minimum Gasteiger partial charge on any atom is -0.506 e. The summed E-state index contributed by atoms with van der Waals surface area (Å²) in [6.07, 6.45) is -0.633. The molecule has 16 heavy (non-hydrogen) atoms. The molecule has 3 nitrogen and oxygen atoms in total. The van der Waals surface area contributed by atoms with Crippen LogP contribution in [0.1, 0.15) is 18.6 Å². The van der Waals surface area contributed by atoms with Crippen molar-refractivity contribution in [3.05, 3.63) is 27.7 Å². The van der Waals surface area contributed by atoms with Gasteiger partial charge in [0.15, 0.2) is 0 Å². The van der Waals surface area contributed by atoms with Gasteiger partial charge in [0, 0.05) is 24.8 Å². The molecule has 0 saturated carbocycles. The summed E-state index contributed by atoms with van der Waals surface area (Å²) in [5, 5.41) is 10.5. The summed E-state index contributed by atoms with van der Waals surface area (Å²) in [6, 6.07) is 3.10. The first-order valence-electron chi connectivity index (χ1n) is 4.74. The van der Waals surface area contributed by atoms with E-state index in [1.165, 1.54) is 13.2 Å². The highest BCUT2D eigenvalue weighted by Gasteiger charge is 2.23. The largest absolute Gasteiger partial charge is 0.506 e. The third-order valence-corrected chi connectivity index (χ3v) is 2.92. The van der Waals surface area contributed by atoms with Gasteiger partial charge in [0.05, 0.1) is 11.1 Å². The summed E-state index contributed by atoms with van der Waals surface area (Å²) in [4.78, 5) is 0. The predicted octanol–water partition coefficient (Wildman–Crippen LogP) is 3.42. The van der Waals surface area contributed by atoms with Gasteiger partial charge in [0.25, 0.3) is 0 Å². The Balaban J connectivity index is 3.19. The van der Waals surface area contributed by atoms with Gasteiger partial charge >= 0.3 is 0 Å². The molecule has 0 heterocycles. The molecule has 1 aromatic rings. The normalized spacial score (nSPS) is 14.8. The molecule has 1 N–H and O–H groups in total. The van der Waals surface area contributed by atoms with Crippen molar-refractivity contribution in [2.45, 2.75) is 19.1 Å². The van der Waals surface area contributed by atoms with E-state index in [0.29, 0.717) is 10.6 Å². The van der Waals surface area contributed by atoms with E-state index in [-0.39, 0.29) is 16.9 Å². The van der Waals surface area contributed by atoms with Crippen molar-refractivity contribution in [2.24, 2.45) is 0 Å². The molecule has 0 amide bonds. The van der Waals surface area contributed by atoms with Crippen molar-refractivity contribution < 1.29 is 14.6 Å². The monoisotopic (exact) mass is 264 g/mol. The van der Waals surface area contributed by atoms with Crippen LogP contribution < -0.4 is 0 Å². The highest BCUT2D eigenvalue weighted by Crippen LogP contribution is 2.37. The predicted molar refractivity (Wildman–Crippen MR) is 64.3 cm³/mol. The molecule has 0 saturated heterocycles. The molecule has 0 aliphatic heterocycles. The number of aromatic hydroxyl groups is 1. The molecule has 0 unspecified atom stereocenters. The van der Waals surface area contributed by atoms with Gasteiger partial charge in [-0.05, 0) is 19.1 Å². The Labute approximate surface area is 105 Å². The zero-order valence-electron chi connectivity index (χ0n) is 9.33. The number of benzene rings is 1. The summed E-state index contributed by atoms with van der Waals surface area (Å²) in [5.41, 5.74) is 0.523. The van der Waals surface area contributed by atoms with E-state index < -0.39 is 6.10 Å². The van der Waals surface area contributed by atoms with Crippen LogP contribution in [-0.2, 0) is 9.47 Å². The number of halogens is 2. The van der Waals surface area contributed by atoms with Crippen molar-refractivity contribution in [3.8, 4) is 5.75 Å². The van der Waals surface area contributed by atoms with Crippen LogP contribution in [-0.4, -0.2) is 25.4 Å². The second-order valence-corrected chi connectivity index (χ2v) is 4.27. The standard InChI is InChI=1S/C11H14Cl2O3/c1-6(15-2)11(16-3)8-4-7(12)5-9(13)10(8)14/h4-6,11,14H,1-3H3/t6-,11+/m1/s1. The van der Waals surface area contributed by atoms with E-state index in [4.69, 9.17) is 32.7 Å². The maximum atomic E-state index is 9.84. The first-order valence-corrected chi connectivity index (χ1v) is 5.50. The second kappa shape index (κ2) is 5.73. The maximum absolute atomic E-state index is 9.84. The molecule has 5 heteroatoms. The average molecular weight is 265 g/mol. The van der Waals surface area contributed by atoms with E-state index in [2.05, 4.69) is 0 Å². The van der Waals surface area contributed by atoms with Crippen molar-refractivity contribution in [1.82, 2.24) is 0 Å². The highest BCUT2D eigenvalue weighted by atomic mass is 35.5. The Bertz CT molecular complexity index is 368. The fraction of sp³-hybridized carbons (Fsp3) is 0.455. The van der Waals surface area contributed by atoms with E-state index in [1.807, 2.05) is 6.92 Å². The summed E-state index contributed by atoms with van der Waals surface area (Å²) >= 11 is 11.7. The lowest BCUT2D eigenvalue weighted by atomic mass is 10.0. The van der Waals surface area contributed by atoms with E-state index in [1.54, 1.807) is 13.2 Å². The van der Waals surface area contributed by atoms with Crippen molar-refractivity contribution in [3.63, 3.8) is 0 Å². The Morgan fingerprint density at radius 2 is 1.81 bits per heavy atom. The third kappa shape index (κ3) is 2.80. The second-order valence-electron chi connectivity index (χ2n) is 3.42. The summed E-state index contributed by atoms with van der Waals surface area (Å²) in [5.74, 6) is -0.0261. The van der Waals surface area contributed by atoms with Crippen LogP contribution in [0, 0.1) is 0 Å². The molecule has 1 aromatic carbocycles. The first-order chi connectivity index (χ1) is 7.51.